The molecule has 1 saturated heterocycles. The molecule has 6 rings (SSSR count). The van der Waals surface area contributed by atoms with Crippen molar-refractivity contribution in [2.24, 2.45) is 0 Å². The lowest BCUT2D eigenvalue weighted by molar-refractivity contribution is -0.120. The fourth-order valence-electron chi connectivity index (χ4n) is 5.02. The molecule has 1 fully saturated rings. The molecule has 158 valence electrons. The maximum absolute atomic E-state index is 13.7. The third-order valence-corrected chi connectivity index (χ3v) is 7.14. The van der Waals surface area contributed by atoms with Crippen LogP contribution in [0.25, 0.3) is 10.9 Å². The molecule has 0 aliphatic carbocycles. The normalized spacial score (nSPS) is 20.1. The van der Waals surface area contributed by atoms with Crippen LogP contribution < -0.4 is 4.90 Å². The number of thiocarbonyl (C=S) groups is 1. The zero-order chi connectivity index (χ0) is 22.0. The van der Waals surface area contributed by atoms with E-state index < -0.39 is 0 Å². The number of aromatic nitrogens is 1. The second kappa shape index (κ2) is 7.19. The van der Waals surface area contributed by atoms with Gasteiger partial charge in [-0.25, -0.2) is 0 Å². The number of fused-ring (bicyclic) bond motifs is 4. The van der Waals surface area contributed by atoms with Gasteiger partial charge in [0.05, 0.1) is 11.7 Å². The molecule has 0 saturated carbocycles. The Kier molecular flexibility index (Phi) is 4.39. The smallest absolute Gasteiger partial charge is 0.256 e. The first-order valence-electron chi connectivity index (χ1n) is 10.6. The lowest BCUT2D eigenvalue weighted by Crippen LogP contribution is -2.44. The molecule has 1 amide bonds. The van der Waals surface area contributed by atoms with Crippen molar-refractivity contribution in [1.29, 1.82) is 0 Å². The highest BCUT2D eigenvalue weighted by atomic mass is 35.5. The standard InChI is InChI=1S/C26H20ClN3OS/c1-15-9-11-16(12-10-15)24-23-20(19-7-2-3-8-21(19)28-23)14-22-25(31)29(26(32)30(22)24)18-6-4-5-17(27)13-18/h2-13,22,24,28H,14H2,1H3/t22-,24-/m0/s1. The van der Waals surface area contributed by atoms with Crippen LogP contribution in [-0.2, 0) is 11.2 Å². The lowest BCUT2D eigenvalue weighted by Gasteiger charge is -2.37. The molecular formula is C26H20ClN3OS. The number of anilines is 1. The molecule has 3 aromatic carbocycles. The van der Waals surface area contributed by atoms with E-state index in [1.165, 1.54) is 16.5 Å². The van der Waals surface area contributed by atoms with Crippen LogP contribution in [-0.4, -0.2) is 26.9 Å². The lowest BCUT2D eigenvalue weighted by atomic mass is 9.88. The minimum Gasteiger partial charge on any atom is -0.356 e. The number of carbonyl (C=O) groups excluding carboxylic acids is 1. The van der Waals surface area contributed by atoms with Crippen molar-refractivity contribution in [2.75, 3.05) is 4.90 Å². The number of amides is 1. The first kappa shape index (κ1) is 19.5. The average Bonchev–Trinajstić information content (AvgIpc) is 3.28. The summed E-state index contributed by atoms with van der Waals surface area (Å²) in [7, 11) is 0. The van der Waals surface area contributed by atoms with Crippen molar-refractivity contribution in [1.82, 2.24) is 9.88 Å². The van der Waals surface area contributed by atoms with Gasteiger partial charge in [0.15, 0.2) is 5.11 Å². The summed E-state index contributed by atoms with van der Waals surface area (Å²) in [5.41, 5.74) is 6.39. The molecular weight excluding hydrogens is 438 g/mol. The summed E-state index contributed by atoms with van der Waals surface area (Å²) in [4.78, 5) is 21.1. The monoisotopic (exact) mass is 457 g/mol. The number of carbonyl (C=O) groups is 1. The van der Waals surface area contributed by atoms with E-state index >= 15 is 0 Å². The van der Waals surface area contributed by atoms with Gasteiger partial charge in [0.1, 0.15) is 6.04 Å². The van der Waals surface area contributed by atoms with Crippen LogP contribution in [0.3, 0.4) is 0 Å². The molecule has 2 aliphatic rings. The summed E-state index contributed by atoms with van der Waals surface area (Å²) >= 11 is 12.2. The van der Waals surface area contributed by atoms with Crippen LogP contribution in [0.2, 0.25) is 5.02 Å². The van der Waals surface area contributed by atoms with Crippen LogP contribution in [0.4, 0.5) is 5.69 Å². The molecule has 1 aromatic heterocycles. The molecule has 3 heterocycles. The van der Waals surface area contributed by atoms with Crippen LogP contribution >= 0.6 is 23.8 Å². The van der Waals surface area contributed by atoms with Gasteiger partial charge in [-0.1, -0.05) is 65.7 Å². The quantitative estimate of drug-likeness (QED) is 0.388. The third kappa shape index (κ3) is 2.81. The number of aromatic amines is 1. The van der Waals surface area contributed by atoms with E-state index in [-0.39, 0.29) is 18.0 Å². The van der Waals surface area contributed by atoms with Gasteiger partial charge in [0.2, 0.25) is 0 Å². The maximum atomic E-state index is 13.7. The largest absolute Gasteiger partial charge is 0.356 e. The number of aryl methyl sites for hydroxylation is 1. The van der Waals surface area contributed by atoms with E-state index in [1.807, 2.05) is 24.3 Å². The van der Waals surface area contributed by atoms with E-state index in [2.05, 4.69) is 53.2 Å². The highest BCUT2D eigenvalue weighted by Crippen LogP contribution is 2.45. The minimum absolute atomic E-state index is 0.00897. The van der Waals surface area contributed by atoms with Crippen molar-refractivity contribution in [2.45, 2.75) is 25.4 Å². The summed E-state index contributed by atoms with van der Waals surface area (Å²) in [6, 6.07) is 23.6. The van der Waals surface area contributed by atoms with E-state index in [1.54, 1.807) is 17.0 Å². The van der Waals surface area contributed by atoms with Gasteiger partial charge in [0.25, 0.3) is 5.91 Å². The number of hydrogen-bond acceptors (Lipinski definition) is 2. The van der Waals surface area contributed by atoms with Gasteiger partial charge in [-0.15, -0.1) is 0 Å². The molecule has 0 spiro atoms. The SMILES string of the molecule is Cc1ccc([C@H]2c3[nH]c4ccccc4c3C[C@H]3C(=O)N(c4cccc(Cl)c4)C(=S)N23)cc1. The van der Waals surface area contributed by atoms with Crippen LogP contribution in [0.15, 0.2) is 72.8 Å². The van der Waals surface area contributed by atoms with Crippen molar-refractivity contribution >= 4 is 51.4 Å². The Morgan fingerprint density at radius 3 is 2.59 bits per heavy atom. The van der Waals surface area contributed by atoms with Gasteiger partial charge >= 0.3 is 0 Å². The highest BCUT2D eigenvalue weighted by molar-refractivity contribution is 7.80. The third-order valence-electron chi connectivity index (χ3n) is 6.51. The van der Waals surface area contributed by atoms with E-state index in [9.17, 15) is 4.79 Å². The summed E-state index contributed by atoms with van der Waals surface area (Å²) < 4.78 is 0. The predicted molar refractivity (Wildman–Crippen MR) is 132 cm³/mol. The average molecular weight is 458 g/mol. The predicted octanol–water partition coefficient (Wildman–Crippen LogP) is 5.78. The Morgan fingerprint density at radius 2 is 1.81 bits per heavy atom. The number of nitrogens with one attached hydrogen (secondary N) is 1. The number of nitrogens with zero attached hydrogens (tertiary/aromatic N) is 2. The van der Waals surface area contributed by atoms with Gasteiger partial charge in [-0.3, -0.25) is 9.69 Å². The fourth-order valence-corrected chi connectivity index (χ4v) is 5.64. The molecule has 4 nitrogen and oxygen atoms in total. The molecule has 2 aliphatic heterocycles. The van der Waals surface area contributed by atoms with Crippen molar-refractivity contribution < 1.29 is 4.79 Å². The van der Waals surface area contributed by atoms with E-state index in [0.717, 1.165) is 16.8 Å². The zero-order valence-electron chi connectivity index (χ0n) is 17.4. The Labute approximate surface area is 196 Å². The second-order valence-corrected chi connectivity index (χ2v) is 9.24. The molecule has 2 atom stereocenters. The van der Waals surface area contributed by atoms with Crippen molar-refractivity contribution in [3.8, 4) is 0 Å². The maximum Gasteiger partial charge on any atom is 0.256 e. The molecule has 0 unspecified atom stereocenters. The first-order chi connectivity index (χ1) is 15.5. The second-order valence-electron chi connectivity index (χ2n) is 8.44. The van der Waals surface area contributed by atoms with E-state index in [0.29, 0.717) is 22.2 Å². The fraction of sp³-hybridized carbons (Fsp3) is 0.154. The van der Waals surface area contributed by atoms with Gasteiger partial charge < -0.3 is 9.88 Å². The molecule has 0 bridgehead atoms. The highest BCUT2D eigenvalue weighted by Gasteiger charge is 2.50. The van der Waals surface area contributed by atoms with E-state index in [4.69, 9.17) is 23.8 Å². The van der Waals surface area contributed by atoms with Crippen LogP contribution in [0, 0.1) is 6.92 Å². The number of halogens is 1. The molecule has 6 heteroatoms. The summed E-state index contributed by atoms with van der Waals surface area (Å²) in [5, 5.41) is 2.26. The van der Waals surface area contributed by atoms with Crippen molar-refractivity contribution in [3.63, 3.8) is 0 Å². The topological polar surface area (TPSA) is 39.3 Å². The Hall–Kier alpha value is -3.15. The van der Waals surface area contributed by atoms with Crippen LogP contribution in [0.5, 0.6) is 0 Å². The van der Waals surface area contributed by atoms with Crippen molar-refractivity contribution in [3.05, 3.63) is 100 Å². The molecule has 32 heavy (non-hydrogen) atoms. The van der Waals surface area contributed by atoms with Gasteiger partial charge in [-0.2, -0.15) is 0 Å². The van der Waals surface area contributed by atoms with Gasteiger partial charge in [-0.05, 0) is 54.5 Å². The number of hydrogen-bond donors (Lipinski definition) is 1. The van der Waals surface area contributed by atoms with Gasteiger partial charge in [0, 0.05) is 28.0 Å². The zero-order valence-corrected chi connectivity index (χ0v) is 19.0. The summed E-state index contributed by atoms with van der Waals surface area (Å²) in [5.74, 6) is -0.00897. The first-order valence-corrected chi connectivity index (χ1v) is 11.4. The number of benzene rings is 3. The Morgan fingerprint density at radius 1 is 1.03 bits per heavy atom. The Bertz CT molecular complexity index is 1390. The molecule has 1 N–H and O–H groups in total. The summed E-state index contributed by atoms with van der Waals surface area (Å²) in [6.07, 6.45) is 0.609. The number of rotatable bonds is 2. The molecule has 0 radical (unpaired) electrons. The molecule has 4 aromatic rings. The number of H-pyrrole nitrogens is 1. The summed E-state index contributed by atoms with van der Waals surface area (Å²) in [6.45, 7) is 2.08. The minimum atomic E-state index is -0.362. The Balaban J connectivity index is 1.55. The number of para-hydroxylation sites is 1. The van der Waals surface area contributed by atoms with Crippen LogP contribution in [0.1, 0.15) is 28.4 Å².